The predicted molar refractivity (Wildman–Crippen MR) is 141 cm³/mol. The molecule has 0 aliphatic rings. The molecule has 7 nitrogen and oxygen atoms in total. The van der Waals surface area contributed by atoms with Crippen LogP contribution in [0.25, 0.3) is 33.2 Å². The molecule has 0 atom stereocenters. The second-order valence-electron chi connectivity index (χ2n) is 8.54. The van der Waals surface area contributed by atoms with Gasteiger partial charge in [-0.15, -0.1) is 0 Å². The number of nitrogens with two attached hydrogens (primary N) is 1. The van der Waals surface area contributed by atoms with E-state index in [1.807, 2.05) is 85.1 Å². The fourth-order valence-corrected chi connectivity index (χ4v) is 4.39. The van der Waals surface area contributed by atoms with E-state index in [4.69, 9.17) is 5.73 Å². The first-order valence-electron chi connectivity index (χ1n) is 11.6. The summed E-state index contributed by atoms with van der Waals surface area (Å²) in [5.41, 5.74) is 12.3. The van der Waals surface area contributed by atoms with Crippen LogP contribution in [0.2, 0.25) is 0 Å². The van der Waals surface area contributed by atoms with E-state index in [0.29, 0.717) is 17.4 Å². The molecule has 3 aromatic carbocycles. The molecule has 5 rings (SSSR count). The average molecular weight is 476 g/mol. The molecule has 0 unspecified atom stereocenters. The molecular weight excluding hydrogens is 450 g/mol. The van der Waals surface area contributed by atoms with Crippen LogP contribution in [0.3, 0.4) is 0 Å². The standard InChI is InChI=1S/C29H25N5O2/c1-34(17-21-7-2-4-11-24(21)20-9-6-14-31-16-20)28(36)27-25-15-19(12-13-26(25)32-29(30)33-27)23-10-5-3-8-22(23)18-35/h2-16,35H,17-18H2,1H3,(H2,30,32,33). The van der Waals surface area contributed by atoms with Crippen molar-refractivity contribution in [2.75, 3.05) is 12.8 Å². The molecule has 7 heteroatoms. The van der Waals surface area contributed by atoms with E-state index in [-0.39, 0.29) is 24.2 Å². The molecule has 36 heavy (non-hydrogen) atoms. The van der Waals surface area contributed by atoms with Gasteiger partial charge in [-0.3, -0.25) is 9.78 Å². The number of pyridine rings is 1. The Labute approximate surface area is 208 Å². The average Bonchev–Trinajstić information content (AvgIpc) is 2.92. The van der Waals surface area contributed by atoms with E-state index in [2.05, 4.69) is 15.0 Å². The van der Waals surface area contributed by atoms with Crippen molar-refractivity contribution in [3.8, 4) is 22.3 Å². The predicted octanol–water partition coefficient (Wildman–Crippen LogP) is 4.71. The molecule has 0 aliphatic heterocycles. The van der Waals surface area contributed by atoms with Crippen LogP contribution in [0.1, 0.15) is 21.6 Å². The van der Waals surface area contributed by atoms with Gasteiger partial charge in [-0.2, -0.15) is 0 Å². The summed E-state index contributed by atoms with van der Waals surface area (Å²) in [5.74, 6) is -0.221. The first-order chi connectivity index (χ1) is 17.5. The van der Waals surface area contributed by atoms with Crippen molar-refractivity contribution >= 4 is 22.8 Å². The quantitative estimate of drug-likeness (QED) is 0.369. The minimum atomic E-state index is -0.261. The van der Waals surface area contributed by atoms with Crippen LogP contribution in [0.4, 0.5) is 5.95 Å². The molecule has 0 fully saturated rings. The van der Waals surface area contributed by atoms with Gasteiger partial charge >= 0.3 is 0 Å². The Bertz CT molecular complexity index is 1550. The monoisotopic (exact) mass is 475 g/mol. The van der Waals surface area contributed by atoms with Gasteiger partial charge in [0.15, 0.2) is 0 Å². The Morgan fingerprint density at radius 2 is 1.61 bits per heavy atom. The lowest BCUT2D eigenvalue weighted by molar-refractivity contribution is 0.0781. The molecule has 3 N–H and O–H groups in total. The largest absolute Gasteiger partial charge is 0.392 e. The fraction of sp³-hybridized carbons (Fsp3) is 0.103. The van der Waals surface area contributed by atoms with Gasteiger partial charge in [0.25, 0.3) is 5.91 Å². The maximum Gasteiger partial charge on any atom is 0.273 e. The number of hydrogen-bond donors (Lipinski definition) is 2. The van der Waals surface area contributed by atoms with Gasteiger partial charge in [0.1, 0.15) is 5.69 Å². The van der Waals surface area contributed by atoms with Crippen LogP contribution in [-0.4, -0.2) is 37.9 Å². The number of carbonyl (C=O) groups is 1. The first-order valence-corrected chi connectivity index (χ1v) is 11.6. The van der Waals surface area contributed by atoms with Crippen LogP contribution in [0, 0.1) is 0 Å². The highest BCUT2D eigenvalue weighted by atomic mass is 16.3. The third kappa shape index (κ3) is 4.52. The van der Waals surface area contributed by atoms with Crippen molar-refractivity contribution in [2.45, 2.75) is 13.2 Å². The third-order valence-electron chi connectivity index (χ3n) is 6.16. The molecule has 2 heterocycles. The van der Waals surface area contributed by atoms with Crippen molar-refractivity contribution < 1.29 is 9.90 Å². The number of hydrogen-bond acceptors (Lipinski definition) is 6. The number of amides is 1. The summed E-state index contributed by atoms with van der Waals surface area (Å²) >= 11 is 0. The maximum atomic E-state index is 13.7. The lowest BCUT2D eigenvalue weighted by atomic mass is 9.98. The molecule has 0 spiro atoms. The highest BCUT2D eigenvalue weighted by molar-refractivity contribution is 6.05. The number of benzene rings is 3. The van der Waals surface area contributed by atoms with Gasteiger partial charge in [-0.05, 0) is 46.0 Å². The van der Waals surface area contributed by atoms with Crippen molar-refractivity contribution in [3.05, 3.63) is 108 Å². The SMILES string of the molecule is CN(Cc1ccccc1-c1cccnc1)C(=O)c1nc(N)nc2ccc(-c3ccccc3CO)cc12. The van der Waals surface area contributed by atoms with Gasteiger partial charge in [-0.25, -0.2) is 9.97 Å². The summed E-state index contributed by atoms with van der Waals surface area (Å²) in [6.07, 6.45) is 3.55. The fourth-order valence-electron chi connectivity index (χ4n) is 4.39. The van der Waals surface area contributed by atoms with E-state index in [9.17, 15) is 9.90 Å². The lowest BCUT2D eigenvalue weighted by Crippen LogP contribution is -2.28. The van der Waals surface area contributed by atoms with Crippen molar-refractivity contribution in [2.24, 2.45) is 0 Å². The summed E-state index contributed by atoms with van der Waals surface area (Å²) < 4.78 is 0. The molecule has 1 amide bonds. The van der Waals surface area contributed by atoms with Crippen molar-refractivity contribution in [1.29, 1.82) is 0 Å². The minimum absolute atomic E-state index is 0.0403. The number of rotatable bonds is 6. The zero-order valence-electron chi connectivity index (χ0n) is 19.8. The minimum Gasteiger partial charge on any atom is -0.392 e. The molecule has 0 saturated heterocycles. The highest BCUT2D eigenvalue weighted by Gasteiger charge is 2.20. The molecule has 0 radical (unpaired) electrons. The number of aliphatic hydroxyl groups is 1. The summed E-state index contributed by atoms with van der Waals surface area (Å²) in [4.78, 5) is 28.2. The maximum absolute atomic E-state index is 13.7. The van der Waals surface area contributed by atoms with Gasteiger partial charge < -0.3 is 15.7 Å². The molecule has 0 aliphatic carbocycles. The lowest BCUT2D eigenvalue weighted by Gasteiger charge is -2.20. The molecular formula is C29H25N5O2. The van der Waals surface area contributed by atoms with E-state index in [1.165, 1.54) is 0 Å². The molecule has 0 saturated carbocycles. The highest BCUT2D eigenvalue weighted by Crippen LogP contribution is 2.29. The van der Waals surface area contributed by atoms with Crippen LogP contribution >= 0.6 is 0 Å². The smallest absolute Gasteiger partial charge is 0.273 e. The summed E-state index contributed by atoms with van der Waals surface area (Å²) in [6.45, 7) is 0.291. The molecule has 178 valence electrons. The number of fused-ring (bicyclic) bond motifs is 1. The van der Waals surface area contributed by atoms with Crippen LogP contribution in [0.15, 0.2) is 91.3 Å². The Hall–Kier alpha value is -4.62. The number of anilines is 1. The second kappa shape index (κ2) is 9.93. The zero-order chi connectivity index (χ0) is 25.1. The van der Waals surface area contributed by atoms with E-state index < -0.39 is 0 Å². The molecule has 5 aromatic rings. The van der Waals surface area contributed by atoms with Crippen molar-refractivity contribution in [3.63, 3.8) is 0 Å². The number of nitrogens with zero attached hydrogens (tertiary/aromatic N) is 4. The Balaban J connectivity index is 1.53. The number of nitrogen functional groups attached to an aromatic ring is 1. The summed E-state index contributed by atoms with van der Waals surface area (Å²) in [7, 11) is 1.75. The molecule has 0 bridgehead atoms. The van der Waals surface area contributed by atoms with Crippen molar-refractivity contribution in [1.82, 2.24) is 19.9 Å². The number of carbonyl (C=O) groups excluding carboxylic acids is 1. The van der Waals surface area contributed by atoms with Gasteiger partial charge in [0, 0.05) is 36.9 Å². The van der Waals surface area contributed by atoms with Gasteiger partial charge in [-0.1, -0.05) is 60.7 Å². The van der Waals surface area contributed by atoms with Crippen LogP contribution < -0.4 is 5.73 Å². The number of aliphatic hydroxyl groups excluding tert-OH is 1. The Morgan fingerprint density at radius 3 is 2.33 bits per heavy atom. The van der Waals surface area contributed by atoms with E-state index in [0.717, 1.165) is 33.4 Å². The van der Waals surface area contributed by atoms with E-state index >= 15 is 0 Å². The summed E-state index contributed by atoms with van der Waals surface area (Å²) in [5, 5.41) is 10.4. The second-order valence-corrected chi connectivity index (χ2v) is 8.54. The van der Waals surface area contributed by atoms with E-state index in [1.54, 1.807) is 18.1 Å². The topological polar surface area (TPSA) is 105 Å². The van der Waals surface area contributed by atoms with Crippen LogP contribution in [-0.2, 0) is 13.2 Å². The Kier molecular flexibility index (Phi) is 6.38. The van der Waals surface area contributed by atoms with Crippen LogP contribution in [0.5, 0.6) is 0 Å². The normalized spacial score (nSPS) is 10.9. The third-order valence-corrected chi connectivity index (χ3v) is 6.16. The number of aromatic nitrogens is 3. The summed E-state index contributed by atoms with van der Waals surface area (Å²) in [6, 6.07) is 25.1. The first kappa shape index (κ1) is 23.1. The van der Waals surface area contributed by atoms with Gasteiger partial charge in [0.2, 0.25) is 5.95 Å². The molecule has 2 aromatic heterocycles. The Morgan fingerprint density at radius 1 is 0.889 bits per heavy atom. The zero-order valence-corrected chi connectivity index (χ0v) is 19.8. The van der Waals surface area contributed by atoms with Gasteiger partial charge in [0.05, 0.1) is 12.1 Å².